The number of rotatable bonds is 7. The number of carbonyl (C=O) groups excluding carboxylic acids is 2. The molecule has 1 heterocycles. The molecule has 0 atom stereocenters. The minimum Gasteiger partial charge on any atom is -0.296 e. The topological polar surface area (TPSA) is 118 Å². The van der Waals surface area contributed by atoms with E-state index < -0.39 is 26.1 Å². The molecular formula is C22H13Cl3N4O4S2. The summed E-state index contributed by atoms with van der Waals surface area (Å²) in [6.07, 6.45) is 0. The Morgan fingerprint density at radius 2 is 1.51 bits per heavy atom. The van der Waals surface area contributed by atoms with Crippen molar-refractivity contribution in [3.8, 4) is 0 Å². The van der Waals surface area contributed by atoms with Gasteiger partial charge in [-0.2, -0.15) is 8.42 Å². The maximum absolute atomic E-state index is 13.0. The first-order chi connectivity index (χ1) is 16.6. The number of hydrogen-bond donors (Lipinski definition) is 2. The third-order valence-corrected chi connectivity index (χ3v) is 7.89. The number of halogens is 3. The van der Waals surface area contributed by atoms with Gasteiger partial charge in [-0.15, -0.1) is 10.2 Å². The second kappa shape index (κ2) is 10.3. The molecule has 0 unspecified atom stereocenters. The molecule has 0 aliphatic heterocycles. The Bertz CT molecular complexity index is 1540. The Morgan fingerprint density at radius 3 is 2.23 bits per heavy atom. The van der Waals surface area contributed by atoms with E-state index >= 15 is 0 Å². The Morgan fingerprint density at radius 1 is 0.829 bits per heavy atom. The summed E-state index contributed by atoms with van der Waals surface area (Å²) in [5.41, 5.74) is 0.552. The van der Waals surface area contributed by atoms with Crippen LogP contribution < -0.4 is 10.0 Å². The lowest BCUT2D eigenvalue weighted by Gasteiger charge is -2.11. The Kier molecular flexibility index (Phi) is 7.39. The normalized spacial score (nSPS) is 11.2. The zero-order valence-electron chi connectivity index (χ0n) is 17.3. The van der Waals surface area contributed by atoms with E-state index in [2.05, 4.69) is 20.2 Å². The van der Waals surface area contributed by atoms with Crippen LogP contribution in [0.25, 0.3) is 0 Å². The van der Waals surface area contributed by atoms with Crippen LogP contribution >= 0.6 is 46.1 Å². The lowest BCUT2D eigenvalue weighted by atomic mass is 10.0. The van der Waals surface area contributed by atoms with Gasteiger partial charge in [-0.1, -0.05) is 76.5 Å². The van der Waals surface area contributed by atoms with E-state index in [1.54, 1.807) is 30.3 Å². The SMILES string of the molecule is O=C(Nc1nnc(S(=O)(=O)Nc2ccc(Cl)cc2C(=O)c2ccccc2)s1)c1ccc(Cl)cc1Cl. The molecule has 0 aliphatic rings. The van der Waals surface area contributed by atoms with Gasteiger partial charge in [0.2, 0.25) is 5.13 Å². The predicted octanol–water partition coefficient (Wildman–Crippen LogP) is 5.78. The van der Waals surface area contributed by atoms with Crippen molar-refractivity contribution < 1.29 is 18.0 Å². The van der Waals surface area contributed by atoms with Crippen LogP contribution in [-0.2, 0) is 10.0 Å². The zero-order chi connectivity index (χ0) is 25.2. The maximum atomic E-state index is 13.0. The smallest absolute Gasteiger partial charge is 0.291 e. The molecule has 1 amide bonds. The molecular weight excluding hydrogens is 555 g/mol. The summed E-state index contributed by atoms with van der Waals surface area (Å²) in [4.78, 5) is 25.4. The van der Waals surface area contributed by atoms with Gasteiger partial charge in [-0.25, -0.2) is 0 Å². The van der Waals surface area contributed by atoms with Gasteiger partial charge in [0.15, 0.2) is 5.78 Å². The van der Waals surface area contributed by atoms with Crippen molar-refractivity contribution in [3.05, 3.63) is 98.5 Å². The number of ketones is 1. The van der Waals surface area contributed by atoms with Gasteiger partial charge in [0.25, 0.3) is 20.3 Å². The fourth-order valence-corrected chi connectivity index (χ4v) is 5.58. The highest BCUT2D eigenvalue weighted by molar-refractivity contribution is 7.94. The fraction of sp³-hybridized carbons (Fsp3) is 0. The van der Waals surface area contributed by atoms with Crippen molar-refractivity contribution in [2.24, 2.45) is 0 Å². The number of aromatic nitrogens is 2. The molecule has 0 aliphatic carbocycles. The van der Waals surface area contributed by atoms with E-state index in [1.165, 1.54) is 36.4 Å². The summed E-state index contributed by atoms with van der Waals surface area (Å²) < 4.78 is 27.8. The minimum absolute atomic E-state index is 0.0111. The molecule has 0 saturated carbocycles. The number of anilines is 2. The summed E-state index contributed by atoms with van der Waals surface area (Å²) in [5.74, 6) is -1.04. The number of amides is 1. The van der Waals surface area contributed by atoms with Gasteiger partial charge in [0.1, 0.15) is 0 Å². The number of sulfonamides is 1. The van der Waals surface area contributed by atoms with Crippen molar-refractivity contribution in [2.45, 2.75) is 4.34 Å². The second-order valence-electron chi connectivity index (χ2n) is 6.94. The number of nitrogens with one attached hydrogen (secondary N) is 2. The first-order valence-corrected chi connectivity index (χ1v) is 13.1. The molecule has 3 aromatic carbocycles. The molecule has 0 radical (unpaired) electrons. The fourth-order valence-electron chi connectivity index (χ4n) is 2.93. The Hall–Kier alpha value is -3.02. The molecule has 178 valence electrons. The maximum Gasteiger partial charge on any atom is 0.291 e. The summed E-state index contributed by atoms with van der Waals surface area (Å²) in [6.45, 7) is 0. The largest absolute Gasteiger partial charge is 0.296 e. The molecule has 0 spiro atoms. The highest BCUT2D eigenvalue weighted by Crippen LogP contribution is 2.28. The van der Waals surface area contributed by atoms with Crippen LogP contribution in [0.15, 0.2) is 71.1 Å². The highest BCUT2D eigenvalue weighted by atomic mass is 35.5. The van der Waals surface area contributed by atoms with E-state index in [-0.39, 0.29) is 32.0 Å². The molecule has 35 heavy (non-hydrogen) atoms. The second-order valence-corrected chi connectivity index (χ2v) is 11.1. The van der Waals surface area contributed by atoms with E-state index in [9.17, 15) is 18.0 Å². The van der Waals surface area contributed by atoms with Crippen LogP contribution in [0.4, 0.5) is 10.8 Å². The molecule has 1 aromatic heterocycles. The Labute approximate surface area is 218 Å². The van der Waals surface area contributed by atoms with Crippen LogP contribution in [-0.4, -0.2) is 30.3 Å². The minimum atomic E-state index is -4.25. The predicted molar refractivity (Wildman–Crippen MR) is 136 cm³/mol. The summed E-state index contributed by atoms with van der Waals surface area (Å²) >= 11 is 18.5. The van der Waals surface area contributed by atoms with Gasteiger partial charge in [0.05, 0.1) is 16.3 Å². The average Bonchev–Trinajstić information content (AvgIpc) is 3.29. The van der Waals surface area contributed by atoms with E-state index in [1.807, 2.05) is 0 Å². The van der Waals surface area contributed by atoms with E-state index in [0.717, 1.165) is 0 Å². The van der Waals surface area contributed by atoms with E-state index in [4.69, 9.17) is 34.8 Å². The summed E-state index contributed by atoms with van der Waals surface area (Å²) in [6, 6.07) is 16.9. The lowest BCUT2D eigenvalue weighted by molar-refractivity contribution is 0.102. The molecule has 0 fully saturated rings. The number of benzene rings is 3. The van der Waals surface area contributed by atoms with Crippen LogP contribution in [0.2, 0.25) is 15.1 Å². The highest BCUT2D eigenvalue weighted by Gasteiger charge is 2.24. The lowest BCUT2D eigenvalue weighted by Crippen LogP contribution is -2.16. The van der Waals surface area contributed by atoms with Gasteiger partial charge < -0.3 is 0 Å². The monoisotopic (exact) mass is 566 g/mol. The van der Waals surface area contributed by atoms with Gasteiger partial charge in [0, 0.05) is 21.2 Å². The van der Waals surface area contributed by atoms with Crippen LogP contribution in [0.1, 0.15) is 26.3 Å². The number of carbonyl (C=O) groups is 2. The first kappa shape index (κ1) is 25.1. The first-order valence-electron chi connectivity index (χ1n) is 9.66. The molecule has 13 heteroatoms. The average molecular weight is 568 g/mol. The van der Waals surface area contributed by atoms with Gasteiger partial charge in [-0.3, -0.25) is 19.6 Å². The third kappa shape index (κ3) is 5.80. The number of hydrogen-bond acceptors (Lipinski definition) is 7. The van der Waals surface area contributed by atoms with Crippen LogP contribution in [0.3, 0.4) is 0 Å². The third-order valence-electron chi connectivity index (χ3n) is 4.54. The molecule has 8 nitrogen and oxygen atoms in total. The molecule has 2 N–H and O–H groups in total. The molecule has 4 aromatic rings. The van der Waals surface area contributed by atoms with Gasteiger partial charge >= 0.3 is 0 Å². The molecule has 0 saturated heterocycles. The van der Waals surface area contributed by atoms with Gasteiger partial charge in [-0.05, 0) is 36.4 Å². The van der Waals surface area contributed by atoms with Crippen LogP contribution in [0, 0.1) is 0 Å². The van der Waals surface area contributed by atoms with Crippen molar-refractivity contribution in [2.75, 3.05) is 10.0 Å². The standard InChI is InChI=1S/C22H13Cl3N4O4S2/c23-13-7-9-18(16(10-13)19(30)12-4-2-1-3-5-12)29-35(32,33)22-28-27-21(34-22)26-20(31)15-8-6-14(24)11-17(15)25/h1-11,29H,(H,26,27,31). The summed E-state index contributed by atoms with van der Waals surface area (Å²) in [5, 5.41) is 10.5. The zero-order valence-corrected chi connectivity index (χ0v) is 21.2. The van der Waals surface area contributed by atoms with Crippen molar-refractivity contribution in [1.82, 2.24) is 10.2 Å². The van der Waals surface area contributed by atoms with Crippen molar-refractivity contribution in [1.29, 1.82) is 0 Å². The quantitative estimate of drug-likeness (QED) is 0.216. The van der Waals surface area contributed by atoms with Crippen LogP contribution in [0.5, 0.6) is 0 Å². The van der Waals surface area contributed by atoms with Crippen molar-refractivity contribution in [3.63, 3.8) is 0 Å². The molecule has 4 rings (SSSR count). The van der Waals surface area contributed by atoms with E-state index in [0.29, 0.717) is 21.9 Å². The van der Waals surface area contributed by atoms with Crippen molar-refractivity contribution >= 4 is 78.7 Å². The molecule has 0 bridgehead atoms. The number of nitrogens with zero attached hydrogens (tertiary/aromatic N) is 2. The summed E-state index contributed by atoms with van der Waals surface area (Å²) in [7, 11) is -4.25. The Balaban J connectivity index is 1.57.